The maximum absolute atomic E-state index is 12.8. The van der Waals surface area contributed by atoms with E-state index in [0.717, 1.165) is 37.1 Å². The number of rotatable bonds is 6. The molecule has 33 heavy (non-hydrogen) atoms. The normalized spacial score (nSPS) is 13.5. The molecule has 4 rings (SSSR count). The van der Waals surface area contributed by atoms with Gasteiger partial charge in [0.25, 0.3) is 5.91 Å². The van der Waals surface area contributed by atoms with E-state index in [9.17, 15) is 4.79 Å². The number of anilines is 2. The summed E-state index contributed by atoms with van der Waals surface area (Å²) in [5.41, 5.74) is 3.05. The van der Waals surface area contributed by atoms with Crippen molar-refractivity contribution in [3.63, 3.8) is 0 Å². The number of nitrogens with zero attached hydrogens (tertiary/aromatic N) is 2. The number of aromatic nitrogens is 1. The van der Waals surface area contributed by atoms with E-state index in [-0.39, 0.29) is 5.91 Å². The molecule has 0 unspecified atom stereocenters. The molecule has 2 aromatic carbocycles. The first-order valence-corrected chi connectivity index (χ1v) is 11.6. The molecule has 1 saturated heterocycles. The van der Waals surface area contributed by atoms with Crippen LogP contribution in [0.4, 0.5) is 11.5 Å². The summed E-state index contributed by atoms with van der Waals surface area (Å²) in [7, 11) is 0. The lowest BCUT2D eigenvalue weighted by atomic mass is 10.1. The van der Waals surface area contributed by atoms with Crippen LogP contribution in [0.2, 0.25) is 10.0 Å². The summed E-state index contributed by atoms with van der Waals surface area (Å²) in [6.07, 6.45) is 5.02. The Morgan fingerprint density at radius 1 is 0.970 bits per heavy atom. The molecular formula is C25H25Cl2N5O. The first-order chi connectivity index (χ1) is 16.0. The second-order valence-corrected chi connectivity index (χ2v) is 8.83. The number of benzene rings is 2. The van der Waals surface area contributed by atoms with Gasteiger partial charge in [-0.05, 0) is 55.2 Å². The highest BCUT2D eigenvalue weighted by atomic mass is 35.5. The highest BCUT2D eigenvalue weighted by Gasteiger charge is 2.16. The number of piperidine rings is 1. The van der Waals surface area contributed by atoms with E-state index in [1.165, 1.54) is 12.6 Å². The van der Waals surface area contributed by atoms with Crippen molar-refractivity contribution < 1.29 is 4.79 Å². The Kier molecular flexibility index (Phi) is 7.47. The minimum Gasteiger partial charge on any atom is -0.380 e. The number of hydrogen-bond acceptors (Lipinski definition) is 4. The summed E-state index contributed by atoms with van der Waals surface area (Å²) in [5, 5.41) is 15.5. The molecule has 3 N–H and O–H groups in total. The van der Waals surface area contributed by atoms with Gasteiger partial charge < -0.3 is 15.5 Å². The summed E-state index contributed by atoms with van der Waals surface area (Å²) in [6.45, 7) is 2.43. The van der Waals surface area contributed by atoms with E-state index in [2.05, 4.69) is 20.5 Å². The smallest absolute Gasteiger partial charge is 0.258 e. The topological polar surface area (TPSA) is 81.1 Å². The van der Waals surface area contributed by atoms with Crippen molar-refractivity contribution in [1.29, 1.82) is 5.41 Å². The molecule has 1 aromatic heterocycles. The van der Waals surface area contributed by atoms with Gasteiger partial charge in [0.05, 0.1) is 10.6 Å². The average Bonchev–Trinajstić information content (AvgIpc) is 2.85. The largest absolute Gasteiger partial charge is 0.380 e. The van der Waals surface area contributed by atoms with E-state index in [0.29, 0.717) is 39.5 Å². The van der Waals surface area contributed by atoms with E-state index >= 15 is 0 Å². The van der Waals surface area contributed by atoms with Gasteiger partial charge in [-0.2, -0.15) is 0 Å². The maximum Gasteiger partial charge on any atom is 0.258 e. The number of carbonyl (C=O) groups is 1. The van der Waals surface area contributed by atoms with Crippen molar-refractivity contribution in [3.8, 4) is 0 Å². The highest BCUT2D eigenvalue weighted by Crippen LogP contribution is 2.23. The molecule has 0 radical (unpaired) electrons. The quantitative estimate of drug-likeness (QED) is 0.295. The molecule has 1 aliphatic heterocycles. The van der Waals surface area contributed by atoms with Gasteiger partial charge in [-0.15, -0.1) is 0 Å². The molecule has 0 bridgehead atoms. The van der Waals surface area contributed by atoms with Crippen LogP contribution >= 0.6 is 23.2 Å². The highest BCUT2D eigenvalue weighted by molar-refractivity contribution is 6.31. The first kappa shape index (κ1) is 23.1. The van der Waals surface area contributed by atoms with E-state index in [1.54, 1.807) is 30.3 Å². The summed E-state index contributed by atoms with van der Waals surface area (Å²) in [5.74, 6) is 0.670. The third-order valence-electron chi connectivity index (χ3n) is 5.58. The molecule has 0 aliphatic carbocycles. The number of amides is 1. The fraction of sp³-hybridized carbons (Fsp3) is 0.240. The molecule has 0 atom stereocenters. The van der Waals surface area contributed by atoms with Crippen LogP contribution < -0.4 is 10.6 Å². The number of hydrogen-bond donors (Lipinski definition) is 3. The SMILES string of the molecule is N=C(c1ccc(CNc2ccc(Cl)cc2C(=O)Nc2ccc(Cl)cn2)cc1)N1CCCCC1. The lowest BCUT2D eigenvalue weighted by Gasteiger charge is -2.29. The van der Waals surface area contributed by atoms with Gasteiger partial charge in [0.1, 0.15) is 11.7 Å². The number of halogens is 2. The lowest BCUT2D eigenvalue weighted by Crippen LogP contribution is -2.35. The number of amidine groups is 1. The standard InChI is InChI=1S/C25H25Cl2N5O/c26-19-8-10-22(21(14-19)25(33)31-23-11-9-20(27)16-30-23)29-15-17-4-6-18(7-5-17)24(28)32-12-2-1-3-13-32/h4-11,14,16,28-29H,1-3,12-13,15H2,(H,30,31,33). The van der Waals surface area contributed by atoms with Crippen LogP contribution in [0.25, 0.3) is 0 Å². The van der Waals surface area contributed by atoms with Crippen molar-refractivity contribution in [3.05, 3.63) is 87.5 Å². The van der Waals surface area contributed by atoms with Crippen LogP contribution in [0.15, 0.2) is 60.8 Å². The fourth-order valence-electron chi connectivity index (χ4n) is 3.77. The van der Waals surface area contributed by atoms with Crippen LogP contribution in [0.3, 0.4) is 0 Å². The maximum atomic E-state index is 12.8. The van der Waals surface area contributed by atoms with Crippen molar-refractivity contribution in [1.82, 2.24) is 9.88 Å². The van der Waals surface area contributed by atoms with Gasteiger partial charge in [-0.3, -0.25) is 10.2 Å². The van der Waals surface area contributed by atoms with Crippen LogP contribution in [0.1, 0.15) is 40.7 Å². The van der Waals surface area contributed by atoms with Crippen molar-refractivity contribution in [2.45, 2.75) is 25.8 Å². The Morgan fingerprint density at radius 3 is 2.39 bits per heavy atom. The van der Waals surface area contributed by atoms with Crippen molar-refractivity contribution in [2.24, 2.45) is 0 Å². The minimum atomic E-state index is -0.319. The third kappa shape index (κ3) is 6.03. The van der Waals surface area contributed by atoms with Crippen molar-refractivity contribution in [2.75, 3.05) is 23.7 Å². The molecule has 170 valence electrons. The Hall–Kier alpha value is -3.09. The Labute approximate surface area is 203 Å². The van der Waals surface area contributed by atoms with Gasteiger partial charge >= 0.3 is 0 Å². The zero-order chi connectivity index (χ0) is 23.2. The predicted molar refractivity (Wildman–Crippen MR) is 135 cm³/mol. The van der Waals surface area contributed by atoms with Gasteiger partial charge in [-0.1, -0.05) is 47.5 Å². The molecule has 3 aromatic rings. The first-order valence-electron chi connectivity index (χ1n) is 10.9. The monoisotopic (exact) mass is 481 g/mol. The Bertz CT molecular complexity index is 1130. The summed E-state index contributed by atoms with van der Waals surface area (Å²) in [6, 6.07) is 16.4. The molecule has 2 heterocycles. The molecule has 8 heteroatoms. The number of likely N-dealkylation sites (tertiary alicyclic amines) is 1. The molecule has 1 fully saturated rings. The zero-order valence-corrected chi connectivity index (χ0v) is 19.6. The van der Waals surface area contributed by atoms with Crippen LogP contribution in [0.5, 0.6) is 0 Å². The molecule has 6 nitrogen and oxygen atoms in total. The van der Waals surface area contributed by atoms with Crippen molar-refractivity contribution >= 4 is 46.4 Å². The molecule has 1 aliphatic rings. The van der Waals surface area contributed by atoms with Crippen LogP contribution in [-0.2, 0) is 6.54 Å². The molecular weight excluding hydrogens is 457 g/mol. The van der Waals surface area contributed by atoms with Crippen LogP contribution in [-0.4, -0.2) is 34.7 Å². The van der Waals surface area contributed by atoms with Gasteiger partial charge in [-0.25, -0.2) is 4.98 Å². The van der Waals surface area contributed by atoms with E-state index in [4.69, 9.17) is 28.6 Å². The molecule has 1 amide bonds. The predicted octanol–water partition coefficient (Wildman–Crippen LogP) is 6.06. The molecule has 0 saturated carbocycles. The second-order valence-electron chi connectivity index (χ2n) is 7.95. The average molecular weight is 482 g/mol. The third-order valence-corrected chi connectivity index (χ3v) is 6.04. The van der Waals surface area contributed by atoms with E-state index in [1.807, 2.05) is 24.3 Å². The van der Waals surface area contributed by atoms with Crippen LogP contribution in [0, 0.1) is 5.41 Å². The lowest BCUT2D eigenvalue weighted by molar-refractivity contribution is 0.102. The Balaban J connectivity index is 1.42. The second kappa shape index (κ2) is 10.7. The summed E-state index contributed by atoms with van der Waals surface area (Å²) in [4.78, 5) is 19.1. The number of nitrogens with one attached hydrogen (secondary N) is 3. The number of carbonyl (C=O) groups excluding carboxylic acids is 1. The fourth-order valence-corrected chi connectivity index (χ4v) is 4.05. The Morgan fingerprint density at radius 2 is 1.70 bits per heavy atom. The zero-order valence-electron chi connectivity index (χ0n) is 18.1. The molecule has 0 spiro atoms. The summed E-state index contributed by atoms with van der Waals surface area (Å²) >= 11 is 12.0. The van der Waals surface area contributed by atoms with E-state index < -0.39 is 0 Å². The van der Waals surface area contributed by atoms with Gasteiger partial charge in [0, 0.05) is 42.1 Å². The summed E-state index contributed by atoms with van der Waals surface area (Å²) < 4.78 is 0. The number of pyridine rings is 1. The van der Waals surface area contributed by atoms with Gasteiger partial charge in [0.15, 0.2) is 0 Å². The minimum absolute atomic E-state index is 0.319. The van der Waals surface area contributed by atoms with Gasteiger partial charge in [0.2, 0.25) is 0 Å².